The maximum absolute atomic E-state index is 12.5. The molecule has 0 aliphatic carbocycles. The molecule has 0 spiro atoms. The number of ether oxygens (including phenoxy) is 1. The lowest BCUT2D eigenvalue weighted by molar-refractivity contribution is -0.129. The standard InChI is InChI=1S/C20H25ClN2O3/c1-14-18(22-20(26-14)15-6-8-16(21)9-7-15)13-19(24)23(2)11-10-17-5-3-4-12-25-17/h6-9,17H,3-5,10-13H2,1-2H3. The zero-order chi connectivity index (χ0) is 18.5. The molecule has 0 N–H and O–H groups in total. The van der Waals surface area contributed by atoms with Crippen LogP contribution in [-0.2, 0) is 16.0 Å². The van der Waals surface area contributed by atoms with Crippen molar-refractivity contribution < 1.29 is 13.9 Å². The van der Waals surface area contributed by atoms with E-state index >= 15 is 0 Å². The lowest BCUT2D eigenvalue weighted by Crippen LogP contribution is -2.32. The minimum Gasteiger partial charge on any atom is -0.441 e. The van der Waals surface area contributed by atoms with Crippen LogP contribution in [0, 0.1) is 6.92 Å². The van der Waals surface area contributed by atoms with Crippen molar-refractivity contribution >= 4 is 17.5 Å². The van der Waals surface area contributed by atoms with Crippen LogP contribution in [0.5, 0.6) is 0 Å². The molecule has 1 fully saturated rings. The summed E-state index contributed by atoms with van der Waals surface area (Å²) >= 11 is 5.91. The fourth-order valence-electron chi connectivity index (χ4n) is 3.08. The van der Waals surface area contributed by atoms with Gasteiger partial charge in [-0.2, -0.15) is 0 Å². The van der Waals surface area contributed by atoms with E-state index in [9.17, 15) is 4.79 Å². The van der Waals surface area contributed by atoms with Crippen molar-refractivity contribution in [2.75, 3.05) is 20.2 Å². The average molecular weight is 377 g/mol. The summed E-state index contributed by atoms with van der Waals surface area (Å²) in [7, 11) is 1.83. The number of carbonyl (C=O) groups excluding carboxylic acids is 1. The third-order valence-electron chi connectivity index (χ3n) is 4.79. The maximum atomic E-state index is 12.5. The minimum absolute atomic E-state index is 0.0415. The molecule has 3 rings (SSSR count). The first-order valence-electron chi connectivity index (χ1n) is 9.10. The molecule has 1 aromatic carbocycles. The van der Waals surface area contributed by atoms with Crippen LogP contribution in [0.25, 0.3) is 11.5 Å². The van der Waals surface area contributed by atoms with Crippen molar-refractivity contribution in [3.63, 3.8) is 0 Å². The highest BCUT2D eigenvalue weighted by atomic mass is 35.5. The number of amides is 1. The summed E-state index contributed by atoms with van der Waals surface area (Å²) in [6.07, 6.45) is 4.86. The Bertz CT molecular complexity index is 736. The highest BCUT2D eigenvalue weighted by molar-refractivity contribution is 6.30. The molecule has 5 nitrogen and oxygen atoms in total. The molecule has 1 atom stereocenters. The number of aromatic nitrogens is 1. The summed E-state index contributed by atoms with van der Waals surface area (Å²) in [6.45, 7) is 3.38. The molecule has 2 aromatic rings. The number of hydrogen-bond acceptors (Lipinski definition) is 4. The molecule has 1 aromatic heterocycles. The topological polar surface area (TPSA) is 55.6 Å². The van der Waals surface area contributed by atoms with Gasteiger partial charge in [0.25, 0.3) is 0 Å². The van der Waals surface area contributed by atoms with E-state index in [1.807, 2.05) is 26.1 Å². The van der Waals surface area contributed by atoms with Gasteiger partial charge in [-0.3, -0.25) is 4.79 Å². The van der Waals surface area contributed by atoms with E-state index < -0.39 is 0 Å². The van der Waals surface area contributed by atoms with E-state index in [2.05, 4.69) is 4.98 Å². The van der Waals surface area contributed by atoms with Gasteiger partial charge in [-0.25, -0.2) is 4.98 Å². The molecule has 6 heteroatoms. The zero-order valence-electron chi connectivity index (χ0n) is 15.3. The van der Waals surface area contributed by atoms with Crippen molar-refractivity contribution in [3.05, 3.63) is 40.7 Å². The minimum atomic E-state index is 0.0415. The fourth-order valence-corrected chi connectivity index (χ4v) is 3.21. The third kappa shape index (κ3) is 4.86. The first-order chi connectivity index (χ1) is 12.5. The van der Waals surface area contributed by atoms with Gasteiger partial charge in [0.05, 0.1) is 18.2 Å². The summed E-state index contributed by atoms with van der Waals surface area (Å²) in [5, 5.41) is 0.663. The largest absolute Gasteiger partial charge is 0.441 e. The lowest BCUT2D eigenvalue weighted by atomic mass is 10.1. The molecule has 1 aliphatic rings. The molecule has 1 aliphatic heterocycles. The lowest BCUT2D eigenvalue weighted by Gasteiger charge is -2.25. The number of rotatable bonds is 6. The van der Waals surface area contributed by atoms with Crippen LogP contribution in [0.4, 0.5) is 0 Å². The van der Waals surface area contributed by atoms with E-state index in [-0.39, 0.29) is 18.4 Å². The summed E-state index contributed by atoms with van der Waals surface area (Å²) in [4.78, 5) is 18.8. The fraction of sp³-hybridized carbons (Fsp3) is 0.500. The van der Waals surface area contributed by atoms with Crippen molar-refractivity contribution in [2.45, 2.75) is 45.1 Å². The number of hydrogen-bond donors (Lipinski definition) is 0. The molecule has 1 saturated heterocycles. The summed E-state index contributed by atoms with van der Waals surface area (Å²) in [6, 6.07) is 7.30. The smallest absolute Gasteiger partial charge is 0.228 e. The number of nitrogens with zero attached hydrogens (tertiary/aromatic N) is 2. The van der Waals surface area contributed by atoms with Gasteiger partial charge in [0.15, 0.2) is 0 Å². The Hall–Kier alpha value is -1.85. The van der Waals surface area contributed by atoms with Crippen molar-refractivity contribution in [3.8, 4) is 11.5 Å². The summed E-state index contributed by atoms with van der Waals surface area (Å²) in [5.74, 6) is 1.23. The van der Waals surface area contributed by atoms with Gasteiger partial charge >= 0.3 is 0 Å². The Labute approximate surface area is 159 Å². The van der Waals surface area contributed by atoms with Crippen LogP contribution in [0.2, 0.25) is 5.02 Å². The van der Waals surface area contributed by atoms with Crippen LogP contribution in [0.1, 0.15) is 37.1 Å². The average Bonchev–Trinajstić information content (AvgIpc) is 3.01. The normalized spacial score (nSPS) is 17.3. The quantitative estimate of drug-likeness (QED) is 0.755. The Morgan fingerprint density at radius 3 is 2.77 bits per heavy atom. The van der Waals surface area contributed by atoms with E-state index in [1.165, 1.54) is 6.42 Å². The molecule has 0 saturated carbocycles. The van der Waals surface area contributed by atoms with Crippen molar-refractivity contribution in [1.82, 2.24) is 9.88 Å². The van der Waals surface area contributed by atoms with Crippen LogP contribution < -0.4 is 0 Å². The SMILES string of the molecule is Cc1oc(-c2ccc(Cl)cc2)nc1CC(=O)N(C)CCC1CCCCO1. The Morgan fingerprint density at radius 1 is 1.31 bits per heavy atom. The van der Waals surface area contributed by atoms with E-state index in [1.54, 1.807) is 17.0 Å². The number of likely N-dealkylation sites (N-methyl/N-ethyl adjacent to an activating group) is 1. The molecule has 0 radical (unpaired) electrons. The Morgan fingerprint density at radius 2 is 2.08 bits per heavy atom. The molecular weight excluding hydrogens is 352 g/mol. The first kappa shape index (κ1) is 18.9. The van der Waals surface area contributed by atoms with Crippen molar-refractivity contribution in [1.29, 1.82) is 0 Å². The predicted octanol–water partition coefficient (Wildman–Crippen LogP) is 4.26. The van der Waals surface area contributed by atoms with E-state index in [4.69, 9.17) is 20.8 Å². The highest BCUT2D eigenvalue weighted by Gasteiger charge is 2.19. The van der Waals surface area contributed by atoms with Gasteiger partial charge in [0, 0.05) is 30.8 Å². The molecule has 1 amide bonds. The van der Waals surface area contributed by atoms with Crippen LogP contribution in [0.3, 0.4) is 0 Å². The number of benzene rings is 1. The monoisotopic (exact) mass is 376 g/mol. The van der Waals surface area contributed by atoms with Gasteiger partial charge < -0.3 is 14.1 Å². The maximum Gasteiger partial charge on any atom is 0.228 e. The van der Waals surface area contributed by atoms with Gasteiger partial charge in [-0.05, 0) is 56.9 Å². The highest BCUT2D eigenvalue weighted by Crippen LogP contribution is 2.24. The number of aryl methyl sites for hydroxylation is 1. The van der Waals surface area contributed by atoms with E-state index in [0.717, 1.165) is 31.4 Å². The van der Waals surface area contributed by atoms with Gasteiger partial charge in [-0.15, -0.1) is 0 Å². The second-order valence-corrected chi connectivity index (χ2v) is 7.23. The van der Waals surface area contributed by atoms with Crippen LogP contribution in [-0.4, -0.2) is 42.1 Å². The van der Waals surface area contributed by atoms with Gasteiger partial charge in [-0.1, -0.05) is 11.6 Å². The molecule has 1 unspecified atom stereocenters. The summed E-state index contributed by atoms with van der Waals surface area (Å²) in [5.41, 5.74) is 1.53. The van der Waals surface area contributed by atoms with Gasteiger partial charge in [0.2, 0.25) is 11.8 Å². The zero-order valence-corrected chi connectivity index (χ0v) is 16.1. The summed E-state index contributed by atoms with van der Waals surface area (Å²) < 4.78 is 11.5. The van der Waals surface area contributed by atoms with Gasteiger partial charge in [0.1, 0.15) is 5.76 Å². The van der Waals surface area contributed by atoms with Crippen LogP contribution >= 0.6 is 11.6 Å². The second kappa shape index (κ2) is 8.69. The third-order valence-corrected chi connectivity index (χ3v) is 5.04. The second-order valence-electron chi connectivity index (χ2n) is 6.80. The molecule has 0 bridgehead atoms. The Kier molecular flexibility index (Phi) is 6.33. The van der Waals surface area contributed by atoms with Crippen LogP contribution in [0.15, 0.2) is 28.7 Å². The molecule has 26 heavy (non-hydrogen) atoms. The number of halogens is 1. The predicted molar refractivity (Wildman–Crippen MR) is 101 cm³/mol. The number of carbonyl (C=O) groups is 1. The van der Waals surface area contributed by atoms with E-state index in [0.29, 0.717) is 28.9 Å². The first-order valence-corrected chi connectivity index (χ1v) is 9.48. The number of oxazole rings is 1. The Balaban J connectivity index is 1.57. The molecular formula is C20H25ClN2O3. The van der Waals surface area contributed by atoms with Crippen molar-refractivity contribution in [2.24, 2.45) is 0 Å². The molecule has 2 heterocycles. The molecule has 140 valence electrons.